The second-order valence-electron chi connectivity index (χ2n) is 7.23. The van der Waals surface area contributed by atoms with Crippen molar-refractivity contribution in [3.8, 4) is 5.75 Å². The number of nitro groups is 1. The molecule has 0 radical (unpaired) electrons. The number of amidine groups is 1. The SMILES string of the molecule is CCOC(=O)C1=C(C)N=C2SC=CN2[C@H]1c1ccc(OCc2cccc([N+](=O)[O-])c2)c(Br)c1. The predicted octanol–water partition coefficient (Wildman–Crippen LogP) is 5.70. The van der Waals surface area contributed by atoms with E-state index in [1.165, 1.54) is 23.9 Å². The van der Waals surface area contributed by atoms with Gasteiger partial charge in [-0.1, -0.05) is 30.0 Å². The Labute approximate surface area is 203 Å². The maximum Gasteiger partial charge on any atom is 0.338 e. The Morgan fingerprint density at radius 3 is 2.85 bits per heavy atom. The van der Waals surface area contributed by atoms with Gasteiger partial charge in [-0.2, -0.15) is 0 Å². The Balaban J connectivity index is 1.60. The zero-order valence-corrected chi connectivity index (χ0v) is 20.3. The van der Waals surface area contributed by atoms with E-state index in [0.717, 1.165) is 10.7 Å². The first-order valence-electron chi connectivity index (χ1n) is 10.1. The summed E-state index contributed by atoms with van der Waals surface area (Å²) in [5, 5.41) is 13.7. The van der Waals surface area contributed by atoms with E-state index in [1.807, 2.05) is 41.6 Å². The molecule has 0 spiro atoms. The number of fused-ring (bicyclic) bond motifs is 1. The van der Waals surface area contributed by atoms with E-state index < -0.39 is 10.9 Å². The Kier molecular flexibility index (Phi) is 6.85. The molecule has 0 unspecified atom stereocenters. The van der Waals surface area contributed by atoms with Gasteiger partial charge in [0.15, 0.2) is 5.17 Å². The topological polar surface area (TPSA) is 94.3 Å². The summed E-state index contributed by atoms with van der Waals surface area (Å²) in [6.45, 7) is 4.04. The molecule has 170 valence electrons. The largest absolute Gasteiger partial charge is 0.488 e. The molecule has 0 aromatic heterocycles. The summed E-state index contributed by atoms with van der Waals surface area (Å²) in [5.74, 6) is 0.190. The van der Waals surface area contributed by atoms with Crippen LogP contribution in [0.2, 0.25) is 0 Å². The van der Waals surface area contributed by atoms with E-state index in [-0.39, 0.29) is 24.9 Å². The van der Waals surface area contributed by atoms with Crippen LogP contribution >= 0.6 is 27.7 Å². The van der Waals surface area contributed by atoms with Crippen LogP contribution in [0.1, 0.15) is 31.0 Å². The number of non-ortho nitro benzene ring substituents is 1. The molecule has 0 fully saturated rings. The molecule has 2 aliphatic rings. The van der Waals surface area contributed by atoms with E-state index in [1.54, 1.807) is 19.1 Å². The Morgan fingerprint density at radius 1 is 1.30 bits per heavy atom. The zero-order chi connectivity index (χ0) is 23.5. The number of rotatable bonds is 7. The molecule has 4 rings (SSSR count). The Hall–Kier alpha value is -3.11. The van der Waals surface area contributed by atoms with Crippen molar-refractivity contribution in [2.45, 2.75) is 26.5 Å². The molecule has 1 atom stereocenters. The van der Waals surface area contributed by atoms with Crippen LogP contribution < -0.4 is 4.74 Å². The monoisotopic (exact) mass is 529 g/mol. The maximum atomic E-state index is 12.8. The number of nitrogens with zero attached hydrogens (tertiary/aromatic N) is 3. The molecule has 2 aromatic rings. The van der Waals surface area contributed by atoms with Crippen LogP contribution in [-0.2, 0) is 16.1 Å². The molecule has 0 N–H and O–H groups in total. The lowest BCUT2D eigenvalue weighted by molar-refractivity contribution is -0.384. The van der Waals surface area contributed by atoms with E-state index in [9.17, 15) is 14.9 Å². The third-order valence-electron chi connectivity index (χ3n) is 5.10. The lowest BCUT2D eigenvalue weighted by Crippen LogP contribution is -2.34. The predicted molar refractivity (Wildman–Crippen MR) is 130 cm³/mol. The number of benzene rings is 2. The van der Waals surface area contributed by atoms with Crippen molar-refractivity contribution in [2.75, 3.05) is 6.61 Å². The number of halogens is 1. The standard InChI is InChI=1S/C23H20BrN3O5S/c1-3-31-22(28)20-14(2)25-23-26(9-10-33-23)21(20)16-7-8-19(18(24)12-16)32-13-15-5-4-6-17(11-15)27(29)30/h4-12,21H,3,13H2,1-2H3/t21-/m0/s1. The van der Waals surface area contributed by atoms with Crippen molar-refractivity contribution in [2.24, 2.45) is 4.99 Å². The first-order valence-corrected chi connectivity index (χ1v) is 11.8. The number of esters is 1. The lowest BCUT2D eigenvalue weighted by atomic mass is 9.95. The number of hydrogen-bond donors (Lipinski definition) is 0. The molecule has 2 aliphatic heterocycles. The van der Waals surface area contributed by atoms with Gasteiger partial charge in [0.1, 0.15) is 12.4 Å². The molecule has 0 saturated heterocycles. The summed E-state index contributed by atoms with van der Waals surface area (Å²) in [4.78, 5) is 29.9. The van der Waals surface area contributed by atoms with Crippen LogP contribution in [0.5, 0.6) is 5.75 Å². The van der Waals surface area contributed by atoms with Crippen LogP contribution in [-0.4, -0.2) is 27.6 Å². The third kappa shape index (κ3) is 4.81. The van der Waals surface area contributed by atoms with Crippen molar-refractivity contribution in [3.05, 3.63) is 91.1 Å². The molecule has 0 saturated carbocycles. The van der Waals surface area contributed by atoms with E-state index >= 15 is 0 Å². The molecule has 10 heteroatoms. The van der Waals surface area contributed by atoms with Crippen LogP contribution in [0, 0.1) is 10.1 Å². The van der Waals surface area contributed by atoms with Gasteiger partial charge in [0.25, 0.3) is 5.69 Å². The van der Waals surface area contributed by atoms with Gasteiger partial charge < -0.3 is 14.4 Å². The highest BCUT2D eigenvalue weighted by Gasteiger charge is 2.37. The molecular formula is C23H20BrN3O5S. The number of carbonyl (C=O) groups excluding carboxylic acids is 1. The Bertz CT molecular complexity index is 1210. The highest BCUT2D eigenvalue weighted by Crippen LogP contribution is 2.42. The summed E-state index contributed by atoms with van der Waals surface area (Å²) >= 11 is 5.06. The first-order chi connectivity index (χ1) is 15.9. The number of thioether (sulfide) groups is 1. The minimum absolute atomic E-state index is 0.0190. The molecule has 0 bridgehead atoms. The molecule has 2 aromatic carbocycles. The zero-order valence-electron chi connectivity index (χ0n) is 17.9. The first kappa shape index (κ1) is 23.1. The fourth-order valence-electron chi connectivity index (χ4n) is 3.62. The summed E-state index contributed by atoms with van der Waals surface area (Å²) in [6.07, 6.45) is 1.90. The van der Waals surface area contributed by atoms with Crippen molar-refractivity contribution in [3.63, 3.8) is 0 Å². The van der Waals surface area contributed by atoms with Crippen LogP contribution in [0.15, 0.2) is 74.8 Å². The summed E-state index contributed by atoms with van der Waals surface area (Å²) in [5.41, 5.74) is 2.70. The van der Waals surface area contributed by atoms with Crippen molar-refractivity contribution >= 4 is 44.5 Å². The molecule has 33 heavy (non-hydrogen) atoms. The smallest absolute Gasteiger partial charge is 0.338 e. The summed E-state index contributed by atoms with van der Waals surface area (Å²) in [6, 6.07) is 11.6. The number of ether oxygens (including phenoxy) is 2. The fourth-order valence-corrected chi connectivity index (χ4v) is 4.93. The average molecular weight is 530 g/mol. The fraction of sp³-hybridized carbons (Fsp3) is 0.217. The third-order valence-corrected chi connectivity index (χ3v) is 6.49. The van der Waals surface area contributed by atoms with Crippen molar-refractivity contribution in [1.82, 2.24) is 4.90 Å². The maximum absolute atomic E-state index is 12.8. The van der Waals surface area contributed by atoms with Gasteiger partial charge in [0.05, 0.1) is 33.3 Å². The minimum Gasteiger partial charge on any atom is -0.488 e. The van der Waals surface area contributed by atoms with E-state index in [0.29, 0.717) is 27.1 Å². The van der Waals surface area contributed by atoms with E-state index in [4.69, 9.17) is 9.47 Å². The number of allylic oxidation sites excluding steroid dienone is 1. The molecule has 0 aliphatic carbocycles. The highest BCUT2D eigenvalue weighted by molar-refractivity contribution is 9.10. The quantitative estimate of drug-likeness (QED) is 0.257. The summed E-state index contributed by atoms with van der Waals surface area (Å²) < 4.78 is 11.9. The van der Waals surface area contributed by atoms with Crippen molar-refractivity contribution in [1.29, 1.82) is 0 Å². The number of nitro benzene ring substituents is 1. The van der Waals surface area contributed by atoms with Crippen molar-refractivity contribution < 1.29 is 19.2 Å². The number of carbonyl (C=O) groups is 1. The second-order valence-corrected chi connectivity index (χ2v) is 8.96. The van der Waals surface area contributed by atoms with Gasteiger partial charge >= 0.3 is 5.97 Å². The van der Waals surface area contributed by atoms with Crippen LogP contribution in [0.25, 0.3) is 0 Å². The van der Waals surface area contributed by atoms with Gasteiger partial charge in [0, 0.05) is 18.3 Å². The normalized spacial score (nSPS) is 17.0. The Morgan fingerprint density at radius 2 is 2.12 bits per heavy atom. The highest BCUT2D eigenvalue weighted by atomic mass is 79.9. The van der Waals surface area contributed by atoms with E-state index in [2.05, 4.69) is 20.9 Å². The summed E-state index contributed by atoms with van der Waals surface area (Å²) in [7, 11) is 0. The number of hydrogen-bond acceptors (Lipinski definition) is 8. The molecular weight excluding hydrogens is 510 g/mol. The number of aliphatic imine (C=N–C) groups is 1. The molecule has 8 nitrogen and oxygen atoms in total. The van der Waals surface area contributed by atoms with Gasteiger partial charge in [-0.25, -0.2) is 9.79 Å². The van der Waals surface area contributed by atoms with Crippen LogP contribution in [0.3, 0.4) is 0 Å². The lowest BCUT2D eigenvalue weighted by Gasteiger charge is -2.33. The molecule has 2 heterocycles. The van der Waals surface area contributed by atoms with Gasteiger partial charge in [-0.3, -0.25) is 10.1 Å². The minimum atomic E-state index is -0.433. The van der Waals surface area contributed by atoms with Gasteiger partial charge in [-0.05, 0) is 58.4 Å². The second kappa shape index (κ2) is 9.80. The van der Waals surface area contributed by atoms with Crippen LogP contribution in [0.4, 0.5) is 5.69 Å². The van der Waals surface area contributed by atoms with Gasteiger partial charge in [-0.15, -0.1) is 0 Å². The van der Waals surface area contributed by atoms with Gasteiger partial charge in [0.2, 0.25) is 0 Å². The average Bonchev–Trinajstić information content (AvgIpc) is 3.25. The molecule has 0 amide bonds.